The van der Waals surface area contributed by atoms with Crippen molar-refractivity contribution in [3.63, 3.8) is 0 Å². The molecule has 1 saturated heterocycles. The van der Waals surface area contributed by atoms with E-state index in [1.54, 1.807) is 13.0 Å². The van der Waals surface area contributed by atoms with Crippen LogP contribution in [0.2, 0.25) is 0 Å². The number of nitrogens with one attached hydrogen (secondary N) is 2. The molecule has 2 rings (SSSR count). The zero-order valence-corrected chi connectivity index (χ0v) is 11.3. The number of aryl methyl sites for hydroxylation is 1. The first-order valence-electron chi connectivity index (χ1n) is 6.79. The molecule has 0 spiro atoms. The van der Waals surface area contributed by atoms with Crippen molar-refractivity contribution >= 4 is 5.91 Å². The summed E-state index contributed by atoms with van der Waals surface area (Å²) in [5.74, 6) is 0.0410. The van der Waals surface area contributed by atoms with E-state index in [1.807, 2.05) is 0 Å². The van der Waals surface area contributed by atoms with Crippen molar-refractivity contribution in [2.24, 2.45) is 0 Å². The quantitative estimate of drug-likeness (QED) is 0.748. The number of rotatable bonds is 6. The van der Waals surface area contributed by atoms with Gasteiger partial charge in [-0.1, -0.05) is 5.16 Å². The highest BCUT2D eigenvalue weighted by Gasteiger charge is 2.13. The van der Waals surface area contributed by atoms with Gasteiger partial charge in [0.05, 0.1) is 11.8 Å². The lowest BCUT2D eigenvalue weighted by Gasteiger charge is -2.22. The lowest BCUT2D eigenvalue weighted by atomic mass is 10.1. The van der Waals surface area contributed by atoms with Crippen LogP contribution in [0.25, 0.3) is 0 Å². The van der Waals surface area contributed by atoms with Crippen LogP contribution in [0.15, 0.2) is 10.6 Å². The summed E-state index contributed by atoms with van der Waals surface area (Å²) in [4.78, 5) is 11.6. The third-order valence-corrected chi connectivity index (χ3v) is 3.10. The summed E-state index contributed by atoms with van der Waals surface area (Å²) < 4.78 is 10.6. The van der Waals surface area contributed by atoms with Gasteiger partial charge in [-0.2, -0.15) is 0 Å². The van der Waals surface area contributed by atoms with Crippen LogP contribution in [-0.2, 0) is 4.74 Å². The molecule has 0 saturated carbocycles. The summed E-state index contributed by atoms with van der Waals surface area (Å²) in [6, 6.07) is 1.63. The van der Waals surface area contributed by atoms with Gasteiger partial charge in [0.2, 0.25) is 5.76 Å². The van der Waals surface area contributed by atoms with Gasteiger partial charge >= 0.3 is 0 Å². The Morgan fingerprint density at radius 2 is 2.37 bits per heavy atom. The maximum absolute atomic E-state index is 11.6. The molecule has 19 heavy (non-hydrogen) atoms. The van der Waals surface area contributed by atoms with Gasteiger partial charge < -0.3 is 19.9 Å². The fraction of sp³-hybridized carbons (Fsp3) is 0.692. The number of amides is 1. The first kappa shape index (κ1) is 14.0. The lowest BCUT2D eigenvalue weighted by molar-refractivity contribution is 0.0317. The fourth-order valence-corrected chi connectivity index (χ4v) is 2.04. The minimum atomic E-state index is -0.220. The highest BCUT2D eigenvalue weighted by Crippen LogP contribution is 2.07. The Hall–Kier alpha value is -1.40. The van der Waals surface area contributed by atoms with E-state index in [1.165, 1.54) is 0 Å². The highest BCUT2D eigenvalue weighted by atomic mass is 16.5. The predicted octanol–water partition coefficient (Wildman–Crippen LogP) is 0.872. The predicted molar refractivity (Wildman–Crippen MR) is 70.0 cm³/mol. The van der Waals surface area contributed by atoms with E-state index in [2.05, 4.69) is 15.8 Å². The molecule has 106 valence electrons. The summed E-state index contributed by atoms with van der Waals surface area (Å²) in [6.45, 7) is 5.12. The molecule has 1 aliphatic rings. The van der Waals surface area contributed by atoms with E-state index in [0.29, 0.717) is 24.9 Å². The maximum atomic E-state index is 11.6. The molecule has 6 nitrogen and oxygen atoms in total. The van der Waals surface area contributed by atoms with Gasteiger partial charge in [-0.05, 0) is 39.3 Å². The van der Waals surface area contributed by atoms with Crippen LogP contribution in [0.4, 0.5) is 0 Å². The number of carbonyl (C=O) groups is 1. The van der Waals surface area contributed by atoms with Crippen LogP contribution >= 0.6 is 0 Å². The summed E-state index contributed by atoms with van der Waals surface area (Å²) >= 11 is 0. The zero-order chi connectivity index (χ0) is 13.5. The molecule has 1 aliphatic heterocycles. The first-order valence-corrected chi connectivity index (χ1v) is 6.79. The average molecular weight is 267 g/mol. The molecule has 0 bridgehead atoms. The molecule has 1 aromatic heterocycles. The van der Waals surface area contributed by atoms with E-state index in [0.717, 1.165) is 32.4 Å². The Labute approximate surface area is 112 Å². The normalized spacial score (nSPS) is 16.5. The second-order valence-electron chi connectivity index (χ2n) is 4.76. The number of hydrogen-bond acceptors (Lipinski definition) is 5. The van der Waals surface area contributed by atoms with E-state index >= 15 is 0 Å². The lowest BCUT2D eigenvalue weighted by Crippen LogP contribution is -2.33. The van der Waals surface area contributed by atoms with Crippen LogP contribution in [0.5, 0.6) is 0 Å². The molecule has 0 aromatic carbocycles. The van der Waals surface area contributed by atoms with Gasteiger partial charge in [-0.3, -0.25) is 4.79 Å². The number of carbonyl (C=O) groups excluding carboxylic acids is 1. The average Bonchev–Trinajstić information content (AvgIpc) is 2.86. The maximum Gasteiger partial charge on any atom is 0.289 e. The van der Waals surface area contributed by atoms with Gasteiger partial charge in [0, 0.05) is 19.2 Å². The largest absolute Gasteiger partial charge is 0.378 e. The van der Waals surface area contributed by atoms with Crippen LogP contribution in [0.3, 0.4) is 0 Å². The van der Waals surface area contributed by atoms with Crippen molar-refractivity contribution in [1.82, 2.24) is 15.8 Å². The molecule has 0 atom stereocenters. The van der Waals surface area contributed by atoms with Crippen LogP contribution < -0.4 is 10.6 Å². The molecular formula is C13H21N3O3. The van der Waals surface area contributed by atoms with E-state index in [-0.39, 0.29) is 11.7 Å². The molecule has 6 heteroatoms. The van der Waals surface area contributed by atoms with Crippen molar-refractivity contribution in [2.45, 2.75) is 32.3 Å². The minimum absolute atomic E-state index is 0.220. The van der Waals surface area contributed by atoms with E-state index in [4.69, 9.17) is 9.26 Å². The summed E-state index contributed by atoms with van der Waals surface area (Å²) in [5, 5.41) is 9.76. The van der Waals surface area contributed by atoms with Gasteiger partial charge in [-0.25, -0.2) is 0 Å². The SMILES string of the molecule is Cc1cc(C(=O)NCCCOC2CCNCC2)on1. The number of nitrogens with zero attached hydrogens (tertiary/aromatic N) is 1. The van der Waals surface area contributed by atoms with Crippen LogP contribution in [-0.4, -0.2) is 43.4 Å². The van der Waals surface area contributed by atoms with Crippen LogP contribution in [0, 0.1) is 6.92 Å². The molecular weight excluding hydrogens is 246 g/mol. The molecule has 0 radical (unpaired) electrons. The smallest absolute Gasteiger partial charge is 0.289 e. The summed E-state index contributed by atoms with van der Waals surface area (Å²) in [5.41, 5.74) is 0.708. The molecule has 2 N–H and O–H groups in total. The second kappa shape index (κ2) is 7.25. The Bertz CT molecular complexity index is 400. The van der Waals surface area contributed by atoms with Gasteiger partial charge in [0.1, 0.15) is 0 Å². The van der Waals surface area contributed by atoms with Gasteiger partial charge in [-0.15, -0.1) is 0 Å². The molecule has 2 heterocycles. The summed E-state index contributed by atoms with van der Waals surface area (Å²) in [7, 11) is 0. The molecule has 1 aromatic rings. The Balaban J connectivity index is 1.55. The van der Waals surface area contributed by atoms with E-state index < -0.39 is 0 Å². The third-order valence-electron chi connectivity index (χ3n) is 3.10. The summed E-state index contributed by atoms with van der Waals surface area (Å²) in [6.07, 6.45) is 3.32. The van der Waals surface area contributed by atoms with Crippen molar-refractivity contribution in [1.29, 1.82) is 0 Å². The Kier molecular flexibility index (Phi) is 5.35. The third kappa shape index (κ3) is 4.65. The van der Waals surface area contributed by atoms with E-state index in [9.17, 15) is 4.79 Å². The molecule has 1 fully saturated rings. The fourth-order valence-electron chi connectivity index (χ4n) is 2.04. The minimum Gasteiger partial charge on any atom is -0.378 e. The molecule has 0 unspecified atom stereocenters. The number of piperidine rings is 1. The van der Waals surface area contributed by atoms with Crippen molar-refractivity contribution in [2.75, 3.05) is 26.2 Å². The van der Waals surface area contributed by atoms with Gasteiger partial charge in [0.15, 0.2) is 0 Å². The van der Waals surface area contributed by atoms with Crippen molar-refractivity contribution < 1.29 is 14.1 Å². The van der Waals surface area contributed by atoms with Crippen molar-refractivity contribution in [3.8, 4) is 0 Å². The Morgan fingerprint density at radius 3 is 3.05 bits per heavy atom. The monoisotopic (exact) mass is 267 g/mol. The topological polar surface area (TPSA) is 76.4 Å². The number of ether oxygens (including phenoxy) is 1. The molecule has 0 aliphatic carbocycles. The standard InChI is InChI=1S/C13H21N3O3/c1-10-9-12(19-16-10)13(17)15-5-2-8-18-11-3-6-14-7-4-11/h9,11,14H,2-8H2,1H3,(H,15,17). The Morgan fingerprint density at radius 1 is 1.58 bits per heavy atom. The number of hydrogen-bond donors (Lipinski definition) is 2. The number of aromatic nitrogens is 1. The van der Waals surface area contributed by atoms with Crippen LogP contribution in [0.1, 0.15) is 35.5 Å². The first-order chi connectivity index (χ1) is 9.25. The highest BCUT2D eigenvalue weighted by molar-refractivity contribution is 5.91. The van der Waals surface area contributed by atoms with Gasteiger partial charge in [0.25, 0.3) is 5.91 Å². The van der Waals surface area contributed by atoms with Crippen molar-refractivity contribution in [3.05, 3.63) is 17.5 Å². The molecule has 1 amide bonds. The zero-order valence-electron chi connectivity index (χ0n) is 11.3. The second-order valence-corrected chi connectivity index (χ2v) is 4.76.